The van der Waals surface area contributed by atoms with Crippen molar-refractivity contribution >= 4 is 11.3 Å². The minimum absolute atomic E-state index is 0.240. The summed E-state index contributed by atoms with van der Waals surface area (Å²) in [5, 5.41) is 0. The fraction of sp³-hybridized carbons (Fsp3) is 0.286. The highest BCUT2D eigenvalue weighted by Gasteiger charge is 2.13. The molecule has 18 heavy (non-hydrogen) atoms. The van der Waals surface area contributed by atoms with Crippen LogP contribution in [-0.4, -0.2) is 6.61 Å². The van der Waals surface area contributed by atoms with E-state index in [0.717, 1.165) is 27.3 Å². The molecule has 96 valence electrons. The van der Waals surface area contributed by atoms with Crippen molar-refractivity contribution in [1.82, 2.24) is 0 Å². The average molecular weight is 268 g/mol. The van der Waals surface area contributed by atoms with Gasteiger partial charge in [-0.25, -0.2) is 0 Å². The van der Waals surface area contributed by atoms with E-state index in [0.29, 0.717) is 0 Å². The maximum atomic E-state index is 12.4. The molecule has 0 N–H and O–H groups in total. The molecule has 4 heteroatoms. The first-order valence-electron chi connectivity index (χ1n) is 5.74. The van der Waals surface area contributed by atoms with E-state index in [2.05, 4.69) is 4.74 Å². The van der Waals surface area contributed by atoms with E-state index in [9.17, 15) is 8.78 Å². The molecule has 0 bridgehead atoms. The Bertz CT molecular complexity index is 534. The number of ether oxygens (including phenoxy) is 1. The van der Waals surface area contributed by atoms with Gasteiger partial charge < -0.3 is 4.74 Å². The molecule has 0 amide bonds. The van der Waals surface area contributed by atoms with Gasteiger partial charge >= 0.3 is 6.61 Å². The number of hydrogen-bond donors (Lipinski definition) is 0. The Balaban J connectivity index is 2.47. The molecule has 0 aliphatic carbocycles. The summed E-state index contributed by atoms with van der Waals surface area (Å²) in [5.74, 6) is 0.240. The van der Waals surface area contributed by atoms with Crippen molar-refractivity contribution in [3.63, 3.8) is 0 Å². The quantitative estimate of drug-likeness (QED) is 0.767. The second-order valence-corrected chi connectivity index (χ2v) is 5.26. The molecule has 2 rings (SSSR count). The third-order valence-electron chi connectivity index (χ3n) is 2.67. The van der Waals surface area contributed by atoms with Gasteiger partial charge in [0.15, 0.2) is 0 Å². The first-order valence-corrected chi connectivity index (χ1v) is 6.56. The van der Waals surface area contributed by atoms with Gasteiger partial charge in [0.05, 0.1) is 0 Å². The predicted molar refractivity (Wildman–Crippen MR) is 70.5 cm³/mol. The molecule has 0 saturated heterocycles. The highest BCUT2D eigenvalue weighted by Crippen LogP contribution is 2.36. The molecule has 1 aromatic carbocycles. The number of alkyl halides is 2. The van der Waals surface area contributed by atoms with E-state index in [4.69, 9.17) is 0 Å². The van der Waals surface area contributed by atoms with Gasteiger partial charge in [-0.15, -0.1) is 11.3 Å². The number of benzene rings is 1. The molecule has 0 fully saturated rings. The van der Waals surface area contributed by atoms with Crippen LogP contribution in [0, 0.1) is 6.92 Å². The van der Waals surface area contributed by atoms with Crippen LogP contribution in [0.4, 0.5) is 8.78 Å². The topological polar surface area (TPSA) is 9.23 Å². The van der Waals surface area contributed by atoms with Gasteiger partial charge in [0.1, 0.15) is 5.75 Å². The molecule has 1 heterocycles. The van der Waals surface area contributed by atoms with Crippen molar-refractivity contribution < 1.29 is 13.5 Å². The SMILES string of the molecule is CCc1ccc(OC(F)F)c(-c2ccc(C)s2)c1. The smallest absolute Gasteiger partial charge is 0.387 e. The molecule has 1 nitrogen and oxygen atoms in total. The Morgan fingerprint density at radius 3 is 2.56 bits per heavy atom. The van der Waals surface area contributed by atoms with Crippen LogP contribution in [0.1, 0.15) is 17.4 Å². The van der Waals surface area contributed by atoms with Gasteiger partial charge in [0.2, 0.25) is 0 Å². The molecule has 0 unspecified atom stereocenters. The Hall–Kier alpha value is -1.42. The number of thiophene rings is 1. The summed E-state index contributed by atoms with van der Waals surface area (Å²) >= 11 is 1.58. The van der Waals surface area contributed by atoms with Crippen molar-refractivity contribution in [1.29, 1.82) is 0 Å². The monoisotopic (exact) mass is 268 g/mol. The summed E-state index contributed by atoms with van der Waals surface area (Å²) in [6.45, 7) is 1.23. The lowest BCUT2D eigenvalue weighted by molar-refractivity contribution is -0.0494. The highest BCUT2D eigenvalue weighted by molar-refractivity contribution is 7.15. The second-order valence-electron chi connectivity index (χ2n) is 3.97. The predicted octanol–water partition coefficient (Wildman–Crippen LogP) is 4.89. The molecule has 0 spiro atoms. The van der Waals surface area contributed by atoms with E-state index in [1.807, 2.05) is 38.1 Å². The lowest BCUT2D eigenvalue weighted by Gasteiger charge is -2.11. The normalized spacial score (nSPS) is 10.9. The van der Waals surface area contributed by atoms with Crippen LogP contribution in [0.25, 0.3) is 10.4 Å². The second kappa shape index (κ2) is 5.48. The summed E-state index contributed by atoms with van der Waals surface area (Å²) in [4.78, 5) is 2.10. The molecule has 0 saturated carbocycles. The number of aryl methyl sites for hydroxylation is 2. The third-order valence-corrected chi connectivity index (χ3v) is 3.71. The Labute approximate surface area is 109 Å². The molecule has 0 radical (unpaired) electrons. The summed E-state index contributed by atoms with van der Waals surface area (Å²) in [7, 11) is 0. The van der Waals surface area contributed by atoms with Gasteiger partial charge in [-0.2, -0.15) is 8.78 Å². The van der Waals surface area contributed by atoms with Gasteiger partial charge in [-0.3, -0.25) is 0 Å². The number of rotatable bonds is 4. The van der Waals surface area contributed by atoms with Crippen molar-refractivity contribution in [3.8, 4) is 16.2 Å². The summed E-state index contributed by atoms with van der Waals surface area (Å²) in [5.41, 5.74) is 1.85. The first kappa shape index (κ1) is 13.0. The maximum Gasteiger partial charge on any atom is 0.387 e. The summed E-state index contributed by atoms with van der Waals surface area (Å²) in [6.07, 6.45) is 0.867. The Morgan fingerprint density at radius 2 is 2.00 bits per heavy atom. The van der Waals surface area contributed by atoms with Crippen LogP contribution in [0.5, 0.6) is 5.75 Å². The van der Waals surface area contributed by atoms with Gasteiger partial charge in [-0.1, -0.05) is 13.0 Å². The van der Waals surface area contributed by atoms with E-state index < -0.39 is 6.61 Å². The summed E-state index contributed by atoms with van der Waals surface area (Å²) < 4.78 is 29.4. The Kier molecular flexibility index (Phi) is 3.97. The van der Waals surface area contributed by atoms with Gasteiger partial charge in [-0.05, 0) is 43.2 Å². The minimum Gasteiger partial charge on any atom is -0.434 e. The zero-order valence-electron chi connectivity index (χ0n) is 10.2. The molecular formula is C14H14F2OS. The van der Waals surface area contributed by atoms with Crippen LogP contribution in [-0.2, 0) is 6.42 Å². The highest BCUT2D eigenvalue weighted by atomic mass is 32.1. The van der Waals surface area contributed by atoms with Crippen LogP contribution in [0.2, 0.25) is 0 Å². The molecule has 0 aliphatic rings. The fourth-order valence-corrected chi connectivity index (χ4v) is 2.66. The minimum atomic E-state index is -2.79. The fourth-order valence-electron chi connectivity index (χ4n) is 1.77. The molecule has 0 aliphatic heterocycles. The lowest BCUT2D eigenvalue weighted by atomic mass is 10.1. The van der Waals surface area contributed by atoms with Gasteiger partial charge in [0.25, 0.3) is 0 Å². The number of halogens is 2. The molecule has 2 aromatic rings. The number of hydrogen-bond acceptors (Lipinski definition) is 2. The van der Waals surface area contributed by atoms with Crippen LogP contribution in [0.3, 0.4) is 0 Å². The van der Waals surface area contributed by atoms with Crippen molar-refractivity contribution in [2.24, 2.45) is 0 Å². The molecule has 1 aromatic heterocycles. The van der Waals surface area contributed by atoms with E-state index >= 15 is 0 Å². The third kappa shape index (κ3) is 2.88. The van der Waals surface area contributed by atoms with Crippen LogP contribution in [0.15, 0.2) is 30.3 Å². The van der Waals surface area contributed by atoms with E-state index in [1.165, 1.54) is 0 Å². The maximum absolute atomic E-state index is 12.4. The van der Waals surface area contributed by atoms with Crippen molar-refractivity contribution in [2.75, 3.05) is 0 Å². The summed E-state index contributed by atoms with van der Waals surface area (Å²) in [6, 6.07) is 9.28. The standard InChI is InChI=1S/C14H14F2OS/c1-3-10-5-6-12(17-14(15)16)11(8-10)13-7-4-9(2)18-13/h4-8,14H,3H2,1-2H3. The van der Waals surface area contributed by atoms with E-state index in [-0.39, 0.29) is 5.75 Å². The van der Waals surface area contributed by atoms with Crippen LogP contribution >= 0.6 is 11.3 Å². The largest absolute Gasteiger partial charge is 0.434 e. The molecular weight excluding hydrogens is 254 g/mol. The van der Waals surface area contributed by atoms with Crippen molar-refractivity contribution in [2.45, 2.75) is 26.9 Å². The zero-order valence-corrected chi connectivity index (χ0v) is 11.1. The van der Waals surface area contributed by atoms with E-state index in [1.54, 1.807) is 17.4 Å². The van der Waals surface area contributed by atoms with Gasteiger partial charge in [0, 0.05) is 15.3 Å². The lowest BCUT2D eigenvalue weighted by Crippen LogP contribution is -2.03. The Morgan fingerprint density at radius 1 is 1.22 bits per heavy atom. The zero-order chi connectivity index (χ0) is 13.1. The average Bonchev–Trinajstić information content (AvgIpc) is 2.75. The molecule has 0 atom stereocenters. The van der Waals surface area contributed by atoms with Crippen molar-refractivity contribution in [3.05, 3.63) is 40.8 Å². The van der Waals surface area contributed by atoms with Crippen LogP contribution < -0.4 is 4.74 Å². The first-order chi connectivity index (χ1) is 8.60.